The highest BCUT2D eigenvalue weighted by atomic mass is 16.5. The summed E-state index contributed by atoms with van der Waals surface area (Å²) in [6, 6.07) is 4.38. The zero-order valence-corrected chi connectivity index (χ0v) is 12.2. The minimum absolute atomic E-state index is 0.444. The molecule has 0 aromatic carbocycles. The molecule has 0 amide bonds. The van der Waals surface area contributed by atoms with E-state index in [2.05, 4.69) is 30.6 Å². The van der Waals surface area contributed by atoms with E-state index in [9.17, 15) is 0 Å². The van der Waals surface area contributed by atoms with Crippen molar-refractivity contribution in [3.63, 3.8) is 0 Å². The van der Waals surface area contributed by atoms with Crippen molar-refractivity contribution in [1.82, 2.24) is 25.7 Å². The molecule has 0 bridgehead atoms. The molecule has 7 heteroatoms. The number of hydrogen-bond donors (Lipinski definition) is 1. The Morgan fingerprint density at radius 3 is 3.19 bits per heavy atom. The van der Waals surface area contributed by atoms with Crippen LogP contribution in [0.5, 0.6) is 0 Å². The van der Waals surface area contributed by atoms with E-state index >= 15 is 0 Å². The molecule has 1 aliphatic rings. The fourth-order valence-electron chi connectivity index (χ4n) is 2.65. The van der Waals surface area contributed by atoms with Gasteiger partial charge in [0.15, 0.2) is 11.6 Å². The van der Waals surface area contributed by atoms with Crippen LogP contribution < -0.4 is 10.2 Å². The topological polar surface area (TPSA) is 80.0 Å². The highest BCUT2D eigenvalue weighted by Crippen LogP contribution is 2.22. The Kier molecular flexibility index (Phi) is 4.40. The lowest BCUT2D eigenvalue weighted by Crippen LogP contribution is -2.38. The first-order valence-corrected chi connectivity index (χ1v) is 7.43. The summed E-state index contributed by atoms with van der Waals surface area (Å²) in [4.78, 5) is 6.61. The van der Waals surface area contributed by atoms with Gasteiger partial charge in [-0.25, -0.2) is 0 Å². The second-order valence-corrected chi connectivity index (χ2v) is 5.16. The lowest BCUT2D eigenvalue weighted by atomic mass is 10.2. The summed E-state index contributed by atoms with van der Waals surface area (Å²) in [6.07, 6.45) is 4.83. The summed E-state index contributed by atoms with van der Waals surface area (Å²) >= 11 is 0. The normalized spacial score (nSPS) is 18.3. The number of rotatable bonds is 6. The van der Waals surface area contributed by atoms with Crippen LogP contribution in [0.4, 0.5) is 5.82 Å². The molecule has 0 unspecified atom stereocenters. The van der Waals surface area contributed by atoms with Crippen molar-refractivity contribution >= 4 is 5.82 Å². The van der Waals surface area contributed by atoms with Crippen LogP contribution in [-0.4, -0.2) is 39.5 Å². The summed E-state index contributed by atoms with van der Waals surface area (Å²) < 4.78 is 5.10. The van der Waals surface area contributed by atoms with Gasteiger partial charge >= 0.3 is 0 Å². The molecule has 21 heavy (non-hydrogen) atoms. The maximum absolute atomic E-state index is 5.10. The van der Waals surface area contributed by atoms with Gasteiger partial charge in [0.2, 0.25) is 5.89 Å². The SMILES string of the molecule is CCc1nc(CNC[C@@H]2CCCN2c2cccnn2)no1. The van der Waals surface area contributed by atoms with Gasteiger partial charge in [-0.15, -0.1) is 5.10 Å². The van der Waals surface area contributed by atoms with E-state index in [1.54, 1.807) is 6.20 Å². The van der Waals surface area contributed by atoms with Gasteiger partial charge in [-0.05, 0) is 25.0 Å². The van der Waals surface area contributed by atoms with Crippen molar-refractivity contribution in [2.75, 3.05) is 18.0 Å². The van der Waals surface area contributed by atoms with E-state index in [1.807, 2.05) is 19.1 Å². The van der Waals surface area contributed by atoms with Gasteiger partial charge in [0, 0.05) is 31.7 Å². The fraction of sp³-hybridized carbons (Fsp3) is 0.571. The van der Waals surface area contributed by atoms with Crippen LogP contribution in [0, 0.1) is 0 Å². The summed E-state index contributed by atoms with van der Waals surface area (Å²) in [5, 5.41) is 15.5. The number of aryl methyl sites for hydroxylation is 1. The number of hydrogen-bond acceptors (Lipinski definition) is 7. The largest absolute Gasteiger partial charge is 0.351 e. The Labute approximate surface area is 123 Å². The number of aromatic nitrogens is 4. The molecular formula is C14H20N6O. The zero-order chi connectivity index (χ0) is 14.5. The molecule has 3 heterocycles. The van der Waals surface area contributed by atoms with Crippen LogP contribution >= 0.6 is 0 Å². The Morgan fingerprint density at radius 1 is 1.48 bits per heavy atom. The Hall–Kier alpha value is -2.02. The van der Waals surface area contributed by atoms with E-state index in [4.69, 9.17) is 4.52 Å². The highest BCUT2D eigenvalue weighted by molar-refractivity contribution is 5.39. The zero-order valence-electron chi connectivity index (χ0n) is 12.2. The predicted octanol–water partition coefficient (Wildman–Crippen LogP) is 1.18. The molecule has 1 saturated heterocycles. The third-order valence-electron chi connectivity index (χ3n) is 3.71. The lowest BCUT2D eigenvalue weighted by molar-refractivity contribution is 0.374. The van der Waals surface area contributed by atoms with Crippen molar-refractivity contribution in [3.05, 3.63) is 30.0 Å². The van der Waals surface area contributed by atoms with Gasteiger partial charge in [0.1, 0.15) is 0 Å². The molecular weight excluding hydrogens is 268 g/mol. The molecule has 0 radical (unpaired) electrons. The maximum atomic E-state index is 5.10. The Bertz CT molecular complexity index is 558. The van der Waals surface area contributed by atoms with E-state index in [1.165, 1.54) is 6.42 Å². The smallest absolute Gasteiger partial charge is 0.226 e. The predicted molar refractivity (Wildman–Crippen MR) is 77.8 cm³/mol. The average Bonchev–Trinajstić information content (AvgIpc) is 3.17. The summed E-state index contributed by atoms with van der Waals surface area (Å²) in [6.45, 7) is 4.55. The second kappa shape index (κ2) is 6.62. The van der Waals surface area contributed by atoms with E-state index < -0.39 is 0 Å². The van der Waals surface area contributed by atoms with Crippen molar-refractivity contribution in [2.24, 2.45) is 0 Å². The Morgan fingerprint density at radius 2 is 2.43 bits per heavy atom. The summed E-state index contributed by atoms with van der Waals surface area (Å²) in [5.74, 6) is 2.36. The molecule has 0 aliphatic carbocycles. The average molecular weight is 288 g/mol. The Balaban J connectivity index is 1.52. The molecule has 1 aliphatic heterocycles. The van der Waals surface area contributed by atoms with E-state index in [-0.39, 0.29) is 0 Å². The fourth-order valence-corrected chi connectivity index (χ4v) is 2.65. The van der Waals surface area contributed by atoms with Crippen LogP contribution in [0.2, 0.25) is 0 Å². The first-order valence-electron chi connectivity index (χ1n) is 7.43. The van der Waals surface area contributed by atoms with Crippen molar-refractivity contribution in [3.8, 4) is 0 Å². The molecule has 2 aromatic heterocycles. The van der Waals surface area contributed by atoms with Gasteiger partial charge < -0.3 is 14.7 Å². The molecule has 1 fully saturated rings. The van der Waals surface area contributed by atoms with Crippen molar-refractivity contribution in [2.45, 2.75) is 38.8 Å². The van der Waals surface area contributed by atoms with Gasteiger partial charge in [-0.1, -0.05) is 12.1 Å². The third kappa shape index (κ3) is 3.36. The molecule has 3 rings (SSSR count). The van der Waals surface area contributed by atoms with Crippen LogP contribution in [0.1, 0.15) is 31.5 Å². The van der Waals surface area contributed by atoms with E-state index in [0.717, 1.165) is 37.6 Å². The maximum Gasteiger partial charge on any atom is 0.226 e. The quantitative estimate of drug-likeness (QED) is 0.855. The second-order valence-electron chi connectivity index (χ2n) is 5.16. The number of anilines is 1. The molecule has 1 N–H and O–H groups in total. The standard InChI is InChI=1S/C14H20N6O/c1-2-14-17-12(19-21-14)10-15-9-11-5-4-8-20(11)13-6-3-7-16-18-13/h3,6-7,11,15H,2,4-5,8-10H2,1H3/t11-/m0/s1. The summed E-state index contributed by atoms with van der Waals surface area (Å²) in [7, 11) is 0. The molecule has 0 spiro atoms. The van der Waals surface area contributed by atoms with Gasteiger partial charge in [0.25, 0.3) is 0 Å². The molecule has 1 atom stereocenters. The molecule has 0 saturated carbocycles. The van der Waals surface area contributed by atoms with Crippen molar-refractivity contribution < 1.29 is 4.52 Å². The molecule has 2 aromatic rings. The van der Waals surface area contributed by atoms with Crippen LogP contribution in [-0.2, 0) is 13.0 Å². The first-order chi connectivity index (χ1) is 10.4. The van der Waals surface area contributed by atoms with Gasteiger partial charge in [0.05, 0.1) is 6.54 Å². The first kappa shape index (κ1) is 13.9. The van der Waals surface area contributed by atoms with Crippen LogP contribution in [0.25, 0.3) is 0 Å². The third-order valence-corrected chi connectivity index (χ3v) is 3.71. The highest BCUT2D eigenvalue weighted by Gasteiger charge is 2.25. The summed E-state index contributed by atoms with van der Waals surface area (Å²) in [5.41, 5.74) is 0. The molecule has 112 valence electrons. The van der Waals surface area contributed by atoms with Crippen molar-refractivity contribution in [1.29, 1.82) is 0 Å². The van der Waals surface area contributed by atoms with Crippen LogP contribution in [0.15, 0.2) is 22.9 Å². The number of nitrogens with one attached hydrogen (secondary N) is 1. The number of nitrogens with zero attached hydrogens (tertiary/aromatic N) is 5. The lowest BCUT2D eigenvalue weighted by Gasteiger charge is -2.25. The monoisotopic (exact) mass is 288 g/mol. The van der Waals surface area contributed by atoms with E-state index in [0.29, 0.717) is 18.5 Å². The van der Waals surface area contributed by atoms with Gasteiger partial charge in [-0.2, -0.15) is 10.1 Å². The van der Waals surface area contributed by atoms with Crippen LogP contribution in [0.3, 0.4) is 0 Å². The van der Waals surface area contributed by atoms with Gasteiger partial charge in [-0.3, -0.25) is 0 Å². The minimum Gasteiger partial charge on any atom is -0.351 e. The minimum atomic E-state index is 0.444. The molecule has 7 nitrogen and oxygen atoms in total.